The summed E-state index contributed by atoms with van der Waals surface area (Å²) in [5.74, 6) is 0. The Hall–Kier alpha value is -0.593. The summed E-state index contributed by atoms with van der Waals surface area (Å²) in [5.41, 5.74) is 0. The Kier molecular flexibility index (Phi) is 6.51. The smallest absolute Gasteiger partial charge is 0.438 e. The van der Waals surface area contributed by atoms with Crippen molar-refractivity contribution in [2.75, 3.05) is 26.9 Å². The second-order valence-corrected chi connectivity index (χ2v) is 6.36. The first-order chi connectivity index (χ1) is 6.52. The van der Waals surface area contributed by atoms with E-state index >= 15 is 0 Å². The second-order valence-electron chi connectivity index (χ2n) is 2.98. The van der Waals surface area contributed by atoms with Gasteiger partial charge in [-0.1, -0.05) is 0 Å². The molecule has 0 N–H and O–H groups in total. The van der Waals surface area contributed by atoms with Crippen LogP contribution in [0.1, 0.15) is 6.92 Å². The zero-order chi connectivity index (χ0) is 11.0. The molecule has 6 heteroatoms. The Labute approximate surface area is 85.5 Å². The molecular weight excluding hydrogens is 204 g/mol. The molecule has 0 aromatic heterocycles. The summed E-state index contributed by atoms with van der Waals surface area (Å²) in [7, 11) is -0.752. The zero-order valence-electron chi connectivity index (χ0n) is 9.16. The van der Waals surface area contributed by atoms with Gasteiger partial charge in [0.05, 0.1) is 13.7 Å². The van der Waals surface area contributed by atoms with Crippen LogP contribution in [0.4, 0.5) is 4.79 Å². The molecule has 0 aromatic rings. The van der Waals surface area contributed by atoms with Gasteiger partial charge in [-0.2, -0.15) is 0 Å². The molecule has 0 saturated heterocycles. The van der Waals surface area contributed by atoms with E-state index in [1.807, 2.05) is 20.0 Å². The van der Waals surface area contributed by atoms with E-state index < -0.39 is 14.7 Å². The molecule has 0 aromatic carbocycles. The molecule has 0 radical (unpaired) electrons. The van der Waals surface area contributed by atoms with E-state index in [0.29, 0.717) is 13.2 Å². The molecule has 84 valence electrons. The van der Waals surface area contributed by atoms with Gasteiger partial charge in [-0.15, -0.1) is 0 Å². The van der Waals surface area contributed by atoms with Crippen molar-refractivity contribution in [3.05, 3.63) is 0 Å². The molecule has 0 bridgehead atoms. The third kappa shape index (κ3) is 6.87. The summed E-state index contributed by atoms with van der Waals surface area (Å²) < 4.78 is 19.8. The number of carbonyl (C=O) groups is 1. The second kappa shape index (κ2) is 6.80. The molecule has 0 saturated carbocycles. The van der Waals surface area contributed by atoms with Gasteiger partial charge >= 0.3 is 14.7 Å². The van der Waals surface area contributed by atoms with E-state index in [2.05, 4.69) is 9.47 Å². The minimum absolute atomic E-state index is 0.191. The number of ether oxygens (including phenoxy) is 2. The van der Waals surface area contributed by atoms with Crippen LogP contribution in [0.2, 0.25) is 13.1 Å². The summed E-state index contributed by atoms with van der Waals surface area (Å²) in [6.45, 7) is 6.97. The molecule has 5 nitrogen and oxygen atoms in total. The molecule has 0 fully saturated rings. The highest BCUT2D eigenvalue weighted by Gasteiger charge is 2.23. The van der Waals surface area contributed by atoms with Crippen molar-refractivity contribution in [1.82, 2.24) is 0 Å². The van der Waals surface area contributed by atoms with E-state index in [4.69, 9.17) is 8.85 Å². The van der Waals surface area contributed by atoms with Crippen molar-refractivity contribution < 1.29 is 23.1 Å². The van der Waals surface area contributed by atoms with Crippen molar-refractivity contribution >= 4 is 14.7 Å². The maximum atomic E-state index is 10.5. The van der Waals surface area contributed by atoms with Gasteiger partial charge in [0.15, 0.2) is 0 Å². The first-order valence-corrected chi connectivity index (χ1v) is 7.32. The predicted octanol–water partition coefficient (Wildman–Crippen LogP) is 1.52. The summed E-state index contributed by atoms with van der Waals surface area (Å²) >= 11 is 0. The summed E-state index contributed by atoms with van der Waals surface area (Å²) in [4.78, 5) is 10.5. The molecule has 0 heterocycles. The number of rotatable bonds is 6. The van der Waals surface area contributed by atoms with E-state index in [9.17, 15) is 4.79 Å². The lowest BCUT2D eigenvalue weighted by Gasteiger charge is -2.21. The predicted molar refractivity (Wildman–Crippen MR) is 53.4 cm³/mol. The van der Waals surface area contributed by atoms with Gasteiger partial charge in [-0.05, 0) is 20.0 Å². The SMILES string of the molecule is CCO[Si](C)(C)OCCOC(=O)OC. The fourth-order valence-corrected chi connectivity index (χ4v) is 2.21. The van der Waals surface area contributed by atoms with Crippen LogP contribution in [0.5, 0.6) is 0 Å². The van der Waals surface area contributed by atoms with Crippen molar-refractivity contribution in [3.63, 3.8) is 0 Å². The lowest BCUT2D eigenvalue weighted by atomic mass is 10.8. The average Bonchev–Trinajstić information content (AvgIpc) is 2.12. The van der Waals surface area contributed by atoms with Crippen LogP contribution in [-0.2, 0) is 18.3 Å². The monoisotopic (exact) mass is 222 g/mol. The summed E-state index contributed by atoms with van der Waals surface area (Å²) in [6, 6.07) is 0. The van der Waals surface area contributed by atoms with Gasteiger partial charge in [-0.25, -0.2) is 4.79 Å². The van der Waals surface area contributed by atoms with Crippen LogP contribution in [0, 0.1) is 0 Å². The molecule has 0 amide bonds. The Balaban J connectivity index is 3.48. The highest BCUT2D eigenvalue weighted by Crippen LogP contribution is 2.05. The molecule has 0 spiro atoms. The molecule has 0 unspecified atom stereocenters. The molecule has 0 atom stereocenters. The molecular formula is C8H18O5Si. The van der Waals surface area contributed by atoms with Crippen LogP contribution in [0.25, 0.3) is 0 Å². The third-order valence-electron chi connectivity index (χ3n) is 1.41. The first kappa shape index (κ1) is 13.4. The van der Waals surface area contributed by atoms with Gasteiger partial charge in [0.2, 0.25) is 0 Å². The fourth-order valence-electron chi connectivity index (χ4n) is 0.861. The van der Waals surface area contributed by atoms with Gasteiger partial charge in [-0.3, -0.25) is 0 Å². The van der Waals surface area contributed by atoms with E-state index in [1.165, 1.54) is 7.11 Å². The highest BCUT2D eigenvalue weighted by atomic mass is 28.4. The quantitative estimate of drug-likeness (QED) is 0.387. The first-order valence-electron chi connectivity index (χ1n) is 4.50. The van der Waals surface area contributed by atoms with Crippen molar-refractivity contribution in [2.45, 2.75) is 20.0 Å². The van der Waals surface area contributed by atoms with Gasteiger partial charge in [0.25, 0.3) is 0 Å². The Morgan fingerprint density at radius 2 is 1.86 bits per heavy atom. The normalized spacial score (nSPS) is 11.1. The van der Waals surface area contributed by atoms with Crippen molar-refractivity contribution in [1.29, 1.82) is 0 Å². The Bertz CT molecular complexity index is 171. The standard InChI is InChI=1S/C8H18O5Si/c1-5-12-14(3,4)13-7-6-11-8(9)10-2/h5-7H2,1-4H3. The molecule has 0 aliphatic carbocycles. The Morgan fingerprint density at radius 1 is 1.21 bits per heavy atom. The molecule has 0 aliphatic rings. The van der Waals surface area contributed by atoms with E-state index in [0.717, 1.165) is 0 Å². The minimum Gasteiger partial charge on any atom is -0.438 e. The molecule has 14 heavy (non-hydrogen) atoms. The third-order valence-corrected chi connectivity index (χ3v) is 3.29. The lowest BCUT2D eigenvalue weighted by Crippen LogP contribution is -2.36. The number of hydrogen-bond donors (Lipinski definition) is 0. The fraction of sp³-hybridized carbons (Fsp3) is 0.875. The zero-order valence-corrected chi connectivity index (χ0v) is 10.2. The highest BCUT2D eigenvalue weighted by molar-refractivity contribution is 6.64. The van der Waals surface area contributed by atoms with Crippen molar-refractivity contribution in [2.24, 2.45) is 0 Å². The Morgan fingerprint density at radius 3 is 2.36 bits per heavy atom. The minimum atomic E-state index is -2.02. The number of carbonyl (C=O) groups excluding carboxylic acids is 1. The number of hydrogen-bond acceptors (Lipinski definition) is 5. The number of methoxy groups -OCH3 is 1. The van der Waals surface area contributed by atoms with Gasteiger partial charge in [0, 0.05) is 6.61 Å². The maximum absolute atomic E-state index is 10.5. The van der Waals surface area contributed by atoms with Crippen LogP contribution in [0.15, 0.2) is 0 Å². The van der Waals surface area contributed by atoms with E-state index in [-0.39, 0.29) is 6.61 Å². The summed E-state index contributed by atoms with van der Waals surface area (Å²) in [6.07, 6.45) is -0.690. The summed E-state index contributed by atoms with van der Waals surface area (Å²) in [5, 5.41) is 0. The van der Waals surface area contributed by atoms with Crippen LogP contribution < -0.4 is 0 Å². The van der Waals surface area contributed by atoms with Crippen LogP contribution in [-0.4, -0.2) is 41.6 Å². The maximum Gasteiger partial charge on any atom is 0.508 e. The van der Waals surface area contributed by atoms with Crippen LogP contribution >= 0.6 is 0 Å². The topological polar surface area (TPSA) is 54.0 Å². The lowest BCUT2D eigenvalue weighted by molar-refractivity contribution is 0.0553. The van der Waals surface area contributed by atoms with Crippen molar-refractivity contribution in [3.8, 4) is 0 Å². The van der Waals surface area contributed by atoms with Gasteiger partial charge in [0.1, 0.15) is 6.61 Å². The van der Waals surface area contributed by atoms with Crippen LogP contribution in [0.3, 0.4) is 0 Å². The van der Waals surface area contributed by atoms with E-state index in [1.54, 1.807) is 0 Å². The molecule has 0 rings (SSSR count). The molecule has 0 aliphatic heterocycles. The largest absolute Gasteiger partial charge is 0.508 e. The van der Waals surface area contributed by atoms with Gasteiger partial charge < -0.3 is 18.3 Å². The average molecular weight is 222 g/mol.